The third-order valence-corrected chi connectivity index (χ3v) is 4.75. The van der Waals surface area contributed by atoms with E-state index in [9.17, 15) is 9.59 Å². The van der Waals surface area contributed by atoms with E-state index in [-0.39, 0.29) is 26.3 Å². The summed E-state index contributed by atoms with van der Waals surface area (Å²) in [6.45, 7) is 0. The number of amides is 2. The zero-order chi connectivity index (χ0) is 12.5. The second kappa shape index (κ2) is 4.41. The second-order valence-corrected chi connectivity index (χ2v) is 5.85. The van der Waals surface area contributed by atoms with Crippen LogP contribution in [0.2, 0.25) is 0 Å². The average molecular weight is 302 g/mol. The van der Waals surface area contributed by atoms with Crippen LogP contribution in [-0.2, 0) is 9.59 Å². The van der Waals surface area contributed by atoms with E-state index in [1.807, 2.05) is 36.4 Å². The number of hydrogen-bond donors (Lipinski definition) is 1. The first-order chi connectivity index (χ1) is 8.74. The van der Waals surface area contributed by atoms with Crippen LogP contribution in [0.4, 0.5) is 0 Å². The molecule has 1 N–H and O–H groups in total. The Morgan fingerprint density at radius 3 is 2.44 bits per heavy atom. The molecular formula is C14H9NO2Se. The number of nitrogens with one attached hydrogen (secondary N) is 1. The number of hydrogen-bond acceptors (Lipinski definition) is 2. The van der Waals surface area contributed by atoms with Gasteiger partial charge >= 0.3 is 110 Å². The van der Waals surface area contributed by atoms with Crippen LogP contribution in [0.3, 0.4) is 0 Å². The standard InChI is InChI=1S/C14H9NO2Se/c16-13-7-11(14(17)15-13)12-6-10(8-18-12)9-4-2-1-3-5-9/h1-8H,(H,15,16,17). The molecule has 0 aliphatic carbocycles. The van der Waals surface area contributed by atoms with E-state index in [0.717, 1.165) is 15.6 Å². The summed E-state index contributed by atoms with van der Waals surface area (Å²) < 4.78 is 0.963. The van der Waals surface area contributed by atoms with Gasteiger partial charge in [-0.05, 0) is 0 Å². The maximum atomic E-state index is 11.6. The van der Waals surface area contributed by atoms with Crippen LogP contribution in [0, 0.1) is 0 Å². The number of rotatable bonds is 2. The minimum absolute atomic E-state index is 0.110. The Bertz CT molecular complexity index is 655. The van der Waals surface area contributed by atoms with Gasteiger partial charge in [0.2, 0.25) is 0 Å². The Labute approximate surface area is 110 Å². The molecule has 0 atom stereocenters. The molecule has 1 aliphatic rings. The Hall–Kier alpha value is -1.90. The van der Waals surface area contributed by atoms with Gasteiger partial charge in [0.1, 0.15) is 0 Å². The van der Waals surface area contributed by atoms with Crippen molar-refractivity contribution in [2.45, 2.75) is 0 Å². The van der Waals surface area contributed by atoms with Crippen molar-refractivity contribution in [1.82, 2.24) is 5.32 Å². The molecule has 1 aromatic carbocycles. The Balaban J connectivity index is 1.98. The van der Waals surface area contributed by atoms with Crippen LogP contribution >= 0.6 is 0 Å². The first kappa shape index (κ1) is 11.2. The average Bonchev–Trinajstić information content (AvgIpc) is 2.97. The second-order valence-electron chi connectivity index (χ2n) is 3.94. The molecule has 2 aromatic rings. The molecule has 1 aromatic heterocycles. The van der Waals surface area contributed by atoms with Gasteiger partial charge in [0.05, 0.1) is 0 Å². The van der Waals surface area contributed by atoms with Crippen LogP contribution in [0.5, 0.6) is 0 Å². The molecule has 1 aliphatic heterocycles. The molecule has 0 bridgehead atoms. The fraction of sp³-hybridized carbons (Fsp3) is 0. The zero-order valence-corrected chi connectivity index (χ0v) is 11.1. The van der Waals surface area contributed by atoms with E-state index in [1.54, 1.807) is 0 Å². The Morgan fingerprint density at radius 1 is 1.00 bits per heavy atom. The Kier molecular flexibility index (Phi) is 2.74. The van der Waals surface area contributed by atoms with E-state index in [0.29, 0.717) is 5.57 Å². The SMILES string of the molecule is O=C1C=C(c2cc(-c3ccccc3)c[se]2)C(=O)N1. The summed E-state index contributed by atoms with van der Waals surface area (Å²) in [4.78, 5) is 24.8. The van der Waals surface area contributed by atoms with Gasteiger partial charge in [0.15, 0.2) is 0 Å². The van der Waals surface area contributed by atoms with Crippen LogP contribution in [0.25, 0.3) is 16.7 Å². The van der Waals surface area contributed by atoms with Crippen molar-refractivity contribution in [2.75, 3.05) is 0 Å². The quantitative estimate of drug-likeness (QED) is 0.674. The number of benzene rings is 1. The first-order valence-electron chi connectivity index (χ1n) is 5.45. The fourth-order valence-electron chi connectivity index (χ4n) is 1.85. The molecule has 18 heavy (non-hydrogen) atoms. The van der Waals surface area contributed by atoms with Gasteiger partial charge in [0.25, 0.3) is 0 Å². The number of carbonyl (C=O) groups excluding carboxylic acids is 2. The van der Waals surface area contributed by atoms with Gasteiger partial charge < -0.3 is 0 Å². The van der Waals surface area contributed by atoms with Gasteiger partial charge in [-0.15, -0.1) is 0 Å². The van der Waals surface area contributed by atoms with Crippen molar-refractivity contribution in [1.29, 1.82) is 0 Å². The molecule has 0 fully saturated rings. The van der Waals surface area contributed by atoms with Crippen LogP contribution in [-0.4, -0.2) is 26.3 Å². The molecule has 88 valence electrons. The zero-order valence-electron chi connectivity index (χ0n) is 9.34. The molecule has 0 saturated carbocycles. The van der Waals surface area contributed by atoms with Crippen molar-refractivity contribution >= 4 is 31.9 Å². The molecule has 0 unspecified atom stereocenters. The van der Waals surface area contributed by atoms with Crippen molar-refractivity contribution in [3.05, 3.63) is 51.9 Å². The normalized spacial score (nSPS) is 14.6. The molecule has 2 amide bonds. The maximum absolute atomic E-state index is 11.6. The van der Waals surface area contributed by atoms with Gasteiger partial charge in [-0.1, -0.05) is 0 Å². The summed E-state index contributed by atoms with van der Waals surface area (Å²) >= 11 is 0.110. The molecule has 0 spiro atoms. The number of imide groups is 1. The van der Waals surface area contributed by atoms with E-state index >= 15 is 0 Å². The van der Waals surface area contributed by atoms with Crippen LogP contribution in [0.15, 0.2) is 47.4 Å². The molecule has 2 heterocycles. The molecule has 4 heteroatoms. The monoisotopic (exact) mass is 303 g/mol. The minimum atomic E-state index is -0.320. The van der Waals surface area contributed by atoms with Crippen molar-refractivity contribution in [3.8, 4) is 11.1 Å². The van der Waals surface area contributed by atoms with E-state index in [1.165, 1.54) is 6.08 Å². The summed E-state index contributed by atoms with van der Waals surface area (Å²) in [6, 6.07) is 12.0. The van der Waals surface area contributed by atoms with Gasteiger partial charge in [0, 0.05) is 0 Å². The first-order valence-corrected chi connectivity index (χ1v) is 7.30. The van der Waals surface area contributed by atoms with E-state index < -0.39 is 0 Å². The predicted molar refractivity (Wildman–Crippen MR) is 69.9 cm³/mol. The molecule has 3 rings (SSSR count). The fourth-order valence-corrected chi connectivity index (χ4v) is 3.81. The molecule has 0 saturated heterocycles. The van der Waals surface area contributed by atoms with Crippen LogP contribution < -0.4 is 5.32 Å². The summed E-state index contributed by atoms with van der Waals surface area (Å²) in [5, 5.41) is 2.27. The third-order valence-electron chi connectivity index (χ3n) is 2.73. The topological polar surface area (TPSA) is 46.2 Å². The summed E-state index contributed by atoms with van der Waals surface area (Å²) in [5.41, 5.74) is 2.78. The molecule has 0 radical (unpaired) electrons. The summed E-state index contributed by atoms with van der Waals surface area (Å²) in [6.07, 6.45) is 1.39. The number of carbonyl (C=O) groups is 2. The van der Waals surface area contributed by atoms with E-state index in [4.69, 9.17) is 0 Å². The van der Waals surface area contributed by atoms with Gasteiger partial charge in [-0.2, -0.15) is 0 Å². The molecular weight excluding hydrogens is 293 g/mol. The van der Waals surface area contributed by atoms with Crippen LogP contribution in [0.1, 0.15) is 4.44 Å². The van der Waals surface area contributed by atoms with Crippen molar-refractivity contribution in [2.24, 2.45) is 0 Å². The Morgan fingerprint density at radius 2 is 1.78 bits per heavy atom. The van der Waals surface area contributed by atoms with Crippen molar-refractivity contribution < 1.29 is 9.59 Å². The predicted octanol–water partition coefficient (Wildman–Crippen LogP) is 1.45. The van der Waals surface area contributed by atoms with E-state index in [2.05, 4.69) is 10.3 Å². The van der Waals surface area contributed by atoms with Crippen molar-refractivity contribution in [3.63, 3.8) is 0 Å². The third kappa shape index (κ3) is 1.96. The molecule has 3 nitrogen and oxygen atoms in total. The summed E-state index contributed by atoms with van der Waals surface area (Å²) in [5.74, 6) is -0.601. The van der Waals surface area contributed by atoms with Gasteiger partial charge in [-0.3, -0.25) is 0 Å². The van der Waals surface area contributed by atoms with Gasteiger partial charge in [-0.25, -0.2) is 0 Å². The summed E-state index contributed by atoms with van der Waals surface area (Å²) in [7, 11) is 0.